The summed E-state index contributed by atoms with van der Waals surface area (Å²) in [6, 6.07) is 9.99. The number of hydrogen-bond acceptors (Lipinski definition) is 3. The molecule has 1 heterocycles. The molecule has 0 radical (unpaired) electrons. The molecule has 1 saturated heterocycles. The van der Waals surface area contributed by atoms with E-state index in [2.05, 4.69) is 0 Å². The highest BCUT2D eigenvalue weighted by atomic mass is 16.5. The van der Waals surface area contributed by atoms with Crippen molar-refractivity contribution in [2.24, 2.45) is 5.92 Å². The van der Waals surface area contributed by atoms with Crippen LogP contribution in [0.3, 0.4) is 0 Å². The second kappa shape index (κ2) is 4.75. The fraction of sp³-hybridized carbons (Fsp3) is 0.500. The Morgan fingerprint density at radius 1 is 1.47 bits per heavy atom. The number of aliphatic hydroxyl groups is 1. The Hall–Kier alpha value is -0.900. The highest BCUT2D eigenvalue weighted by Crippen LogP contribution is 2.37. The summed E-state index contributed by atoms with van der Waals surface area (Å²) in [5.41, 5.74) is 1.13. The maximum absolute atomic E-state index is 9.80. The first kappa shape index (κ1) is 10.6. The summed E-state index contributed by atoms with van der Waals surface area (Å²) >= 11 is 0. The lowest BCUT2D eigenvalue weighted by Gasteiger charge is -2.39. The molecular weight excluding hydrogens is 192 g/mol. The zero-order chi connectivity index (χ0) is 10.7. The van der Waals surface area contributed by atoms with Gasteiger partial charge in [-0.2, -0.15) is 0 Å². The van der Waals surface area contributed by atoms with Crippen molar-refractivity contribution < 1.29 is 14.6 Å². The van der Waals surface area contributed by atoms with Gasteiger partial charge in [0.1, 0.15) is 0 Å². The number of benzene rings is 1. The molecule has 1 N–H and O–H groups in total. The third-order valence-electron chi connectivity index (χ3n) is 2.82. The summed E-state index contributed by atoms with van der Waals surface area (Å²) in [5.74, 6) is 0.160. The van der Waals surface area contributed by atoms with E-state index in [0.29, 0.717) is 13.2 Å². The van der Waals surface area contributed by atoms with Gasteiger partial charge in [-0.25, -0.2) is 0 Å². The highest BCUT2D eigenvalue weighted by Gasteiger charge is 2.38. The Bertz CT molecular complexity index is 299. The van der Waals surface area contributed by atoms with Crippen LogP contribution in [-0.4, -0.2) is 31.5 Å². The first-order chi connectivity index (χ1) is 7.33. The summed E-state index contributed by atoms with van der Waals surface area (Å²) in [7, 11) is 1.60. The van der Waals surface area contributed by atoms with E-state index >= 15 is 0 Å². The quantitative estimate of drug-likeness (QED) is 0.812. The van der Waals surface area contributed by atoms with Gasteiger partial charge < -0.3 is 14.6 Å². The minimum Gasteiger partial charge on any atom is -0.390 e. The van der Waals surface area contributed by atoms with Crippen molar-refractivity contribution in [3.8, 4) is 0 Å². The van der Waals surface area contributed by atoms with Crippen molar-refractivity contribution in [3.63, 3.8) is 0 Å². The van der Waals surface area contributed by atoms with Crippen LogP contribution < -0.4 is 0 Å². The van der Waals surface area contributed by atoms with Crippen LogP contribution in [-0.2, 0) is 9.47 Å². The van der Waals surface area contributed by atoms with Gasteiger partial charge in [-0.15, -0.1) is 0 Å². The average molecular weight is 208 g/mol. The van der Waals surface area contributed by atoms with E-state index in [4.69, 9.17) is 9.47 Å². The molecular formula is C12H16O3. The lowest BCUT2D eigenvalue weighted by molar-refractivity contribution is -0.170. The van der Waals surface area contributed by atoms with E-state index in [1.54, 1.807) is 7.11 Å². The van der Waals surface area contributed by atoms with Crippen molar-refractivity contribution in [3.05, 3.63) is 35.9 Å². The van der Waals surface area contributed by atoms with Crippen molar-refractivity contribution in [1.29, 1.82) is 0 Å². The van der Waals surface area contributed by atoms with Crippen molar-refractivity contribution in [1.82, 2.24) is 0 Å². The molecule has 3 heteroatoms. The molecule has 0 bridgehead atoms. The molecule has 0 spiro atoms. The van der Waals surface area contributed by atoms with Gasteiger partial charge in [-0.05, 0) is 5.56 Å². The van der Waals surface area contributed by atoms with Gasteiger partial charge in [0.2, 0.25) is 0 Å². The Morgan fingerprint density at radius 2 is 2.20 bits per heavy atom. The van der Waals surface area contributed by atoms with Gasteiger partial charge in [0.05, 0.1) is 25.4 Å². The van der Waals surface area contributed by atoms with Gasteiger partial charge in [0.15, 0.2) is 0 Å². The minimum absolute atomic E-state index is 0.0244. The molecule has 1 aliphatic heterocycles. The summed E-state index contributed by atoms with van der Waals surface area (Å²) in [6.45, 7) is 0.988. The molecule has 0 amide bonds. The van der Waals surface area contributed by atoms with Gasteiger partial charge in [0, 0.05) is 13.0 Å². The number of aliphatic hydroxyl groups excluding tert-OH is 1. The standard InChI is InChI=1S/C12H16O3/c1-14-8-11(13)10-7-15-12(10)9-5-3-2-4-6-9/h2-6,10-13H,7-8H2,1H3/t10-,11?,12-/m0/s1. The minimum atomic E-state index is -0.436. The number of methoxy groups -OCH3 is 1. The Labute approximate surface area is 89.6 Å². The first-order valence-electron chi connectivity index (χ1n) is 5.16. The Balaban J connectivity index is 2.00. The molecule has 3 nitrogen and oxygen atoms in total. The van der Waals surface area contributed by atoms with Crippen molar-refractivity contribution in [2.45, 2.75) is 12.2 Å². The first-order valence-corrected chi connectivity index (χ1v) is 5.16. The van der Waals surface area contributed by atoms with Crippen molar-refractivity contribution in [2.75, 3.05) is 20.3 Å². The fourth-order valence-corrected chi connectivity index (χ4v) is 1.90. The van der Waals surface area contributed by atoms with E-state index in [1.807, 2.05) is 30.3 Å². The number of ether oxygens (including phenoxy) is 2. The van der Waals surface area contributed by atoms with Crippen LogP contribution in [0.4, 0.5) is 0 Å². The molecule has 1 aromatic rings. The topological polar surface area (TPSA) is 38.7 Å². The molecule has 15 heavy (non-hydrogen) atoms. The molecule has 0 aliphatic carbocycles. The SMILES string of the molecule is COCC(O)[C@@H]1CO[C@H]1c1ccccc1. The van der Waals surface area contributed by atoms with E-state index in [1.165, 1.54) is 0 Å². The molecule has 0 saturated carbocycles. The number of hydrogen-bond donors (Lipinski definition) is 1. The van der Waals surface area contributed by atoms with Gasteiger partial charge in [-0.1, -0.05) is 30.3 Å². The summed E-state index contributed by atoms with van der Waals surface area (Å²) < 4.78 is 10.4. The van der Waals surface area contributed by atoms with Crippen LogP contribution >= 0.6 is 0 Å². The van der Waals surface area contributed by atoms with Crippen LogP contribution in [0, 0.1) is 5.92 Å². The third-order valence-corrected chi connectivity index (χ3v) is 2.82. The van der Waals surface area contributed by atoms with Crippen LogP contribution in [0.1, 0.15) is 11.7 Å². The monoisotopic (exact) mass is 208 g/mol. The molecule has 1 fully saturated rings. The molecule has 0 aromatic heterocycles. The van der Waals surface area contributed by atoms with E-state index in [-0.39, 0.29) is 12.0 Å². The van der Waals surface area contributed by atoms with Crippen LogP contribution in [0.15, 0.2) is 30.3 Å². The summed E-state index contributed by atoms with van der Waals surface area (Å²) in [4.78, 5) is 0. The average Bonchev–Trinajstić information content (AvgIpc) is 2.18. The molecule has 3 atom stereocenters. The van der Waals surface area contributed by atoms with Crippen molar-refractivity contribution >= 4 is 0 Å². The van der Waals surface area contributed by atoms with Gasteiger partial charge in [-0.3, -0.25) is 0 Å². The van der Waals surface area contributed by atoms with Crippen LogP contribution in [0.5, 0.6) is 0 Å². The normalized spacial score (nSPS) is 27.1. The summed E-state index contributed by atoms with van der Waals surface area (Å²) in [6.07, 6.45) is -0.412. The predicted molar refractivity (Wildman–Crippen MR) is 56.5 cm³/mol. The molecule has 82 valence electrons. The van der Waals surface area contributed by atoms with Crippen LogP contribution in [0.2, 0.25) is 0 Å². The zero-order valence-corrected chi connectivity index (χ0v) is 8.80. The predicted octanol–water partition coefficient (Wildman–Crippen LogP) is 1.38. The third kappa shape index (κ3) is 2.20. The summed E-state index contributed by atoms with van der Waals surface area (Å²) in [5, 5.41) is 9.80. The lowest BCUT2D eigenvalue weighted by Crippen LogP contribution is -2.42. The molecule has 1 aromatic carbocycles. The maximum Gasteiger partial charge on any atom is 0.0901 e. The smallest absolute Gasteiger partial charge is 0.0901 e. The second-order valence-electron chi connectivity index (χ2n) is 3.85. The van der Waals surface area contributed by atoms with Gasteiger partial charge >= 0.3 is 0 Å². The number of rotatable bonds is 4. The second-order valence-corrected chi connectivity index (χ2v) is 3.85. The molecule has 2 rings (SSSR count). The van der Waals surface area contributed by atoms with E-state index in [9.17, 15) is 5.11 Å². The lowest BCUT2D eigenvalue weighted by atomic mass is 9.87. The van der Waals surface area contributed by atoms with E-state index in [0.717, 1.165) is 5.56 Å². The largest absolute Gasteiger partial charge is 0.390 e. The Morgan fingerprint density at radius 3 is 2.73 bits per heavy atom. The fourth-order valence-electron chi connectivity index (χ4n) is 1.90. The van der Waals surface area contributed by atoms with E-state index < -0.39 is 6.10 Å². The highest BCUT2D eigenvalue weighted by molar-refractivity contribution is 5.20. The Kier molecular flexibility index (Phi) is 3.36. The van der Waals surface area contributed by atoms with Gasteiger partial charge in [0.25, 0.3) is 0 Å². The maximum atomic E-state index is 9.80. The molecule has 1 aliphatic rings. The van der Waals surface area contributed by atoms with Crippen LogP contribution in [0.25, 0.3) is 0 Å². The molecule has 1 unspecified atom stereocenters. The zero-order valence-electron chi connectivity index (χ0n) is 8.80.